The second-order valence-electron chi connectivity index (χ2n) is 8.45. The van der Waals surface area contributed by atoms with Crippen LogP contribution < -0.4 is 10.1 Å². The summed E-state index contributed by atoms with van der Waals surface area (Å²) in [7, 11) is 1.91. The van der Waals surface area contributed by atoms with Gasteiger partial charge in [-0.3, -0.25) is 9.58 Å². The quantitative estimate of drug-likeness (QED) is 0.458. The van der Waals surface area contributed by atoms with Crippen molar-refractivity contribution in [1.29, 1.82) is 5.26 Å². The molecule has 5 rings (SSSR count). The molecule has 0 amide bonds. The minimum Gasteiger partial charge on any atom is -0.466 e. The maximum atomic E-state index is 9.30. The number of imidazole rings is 1. The number of nitrogens with one attached hydrogen (secondary N) is 1. The lowest BCUT2D eigenvalue weighted by atomic mass is 10.2. The predicted molar refractivity (Wildman–Crippen MR) is 128 cm³/mol. The molecule has 0 saturated carbocycles. The molecule has 1 aromatic carbocycles. The normalized spacial score (nSPS) is 15.8. The number of anilines is 2. The summed E-state index contributed by atoms with van der Waals surface area (Å²) in [5.74, 6) is 2.20. The number of fused-ring (bicyclic) bond motifs is 1. The van der Waals surface area contributed by atoms with Crippen LogP contribution in [0.25, 0.3) is 5.69 Å². The SMILES string of the molecule is Cc1cc(C2CN(CC#N)Cc3ccc(Nc4ccc(-n5ccnc5C)cc4)nc3O2)n(C)n1. The molecule has 1 aliphatic heterocycles. The molecule has 9 nitrogen and oxygen atoms in total. The Bertz CT molecular complexity index is 1350. The smallest absolute Gasteiger partial charge is 0.220 e. The first-order valence-corrected chi connectivity index (χ1v) is 11.1. The maximum absolute atomic E-state index is 9.30. The molecule has 4 aromatic rings. The summed E-state index contributed by atoms with van der Waals surface area (Å²) in [5, 5.41) is 17.1. The summed E-state index contributed by atoms with van der Waals surface area (Å²) in [5.41, 5.74) is 4.81. The van der Waals surface area contributed by atoms with E-state index < -0.39 is 0 Å². The van der Waals surface area contributed by atoms with Crippen molar-refractivity contribution in [2.24, 2.45) is 7.05 Å². The lowest BCUT2D eigenvalue weighted by Gasteiger charge is -2.21. The Kier molecular flexibility index (Phi) is 5.74. The van der Waals surface area contributed by atoms with Gasteiger partial charge in [-0.25, -0.2) is 4.98 Å². The summed E-state index contributed by atoms with van der Waals surface area (Å²) in [6.07, 6.45) is 3.46. The van der Waals surface area contributed by atoms with Gasteiger partial charge in [-0.15, -0.1) is 0 Å². The van der Waals surface area contributed by atoms with E-state index >= 15 is 0 Å². The van der Waals surface area contributed by atoms with Crippen LogP contribution in [0.15, 0.2) is 54.9 Å². The average molecular weight is 455 g/mol. The molecule has 1 aliphatic rings. The van der Waals surface area contributed by atoms with Crippen molar-refractivity contribution in [3.05, 3.63) is 77.6 Å². The van der Waals surface area contributed by atoms with Crippen molar-refractivity contribution in [1.82, 2.24) is 29.2 Å². The van der Waals surface area contributed by atoms with E-state index in [4.69, 9.17) is 9.72 Å². The van der Waals surface area contributed by atoms with Gasteiger partial charge in [-0.05, 0) is 56.3 Å². The Morgan fingerprint density at radius 2 is 2.00 bits per heavy atom. The topological polar surface area (TPSA) is 96.8 Å². The molecule has 1 N–H and O–H groups in total. The van der Waals surface area contributed by atoms with Crippen LogP contribution in [-0.4, -0.2) is 42.3 Å². The van der Waals surface area contributed by atoms with Crippen molar-refractivity contribution in [3.63, 3.8) is 0 Å². The Morgan fingerprint density at radius 3 is 2.68 bits per heavy atom. The number of hydrogen-bond acceptors (Lipinski definition) is 7. The van der Waals surface area contributed by atoms with E-state index in [1.54, 1.807) is 6.20 Å². The minimum atomic E-state index is -0.277. The highest BCUT2D eigenvalue weighted by molar-refractivity contribution is 5.59. The first-order valence-electron chi connectivity index (χ1n) is 11.1. The van der Waals surface area contributed by atoms with E-state index in [1.807, 2.05) is 78.8 Å². The summed E-state index contributed by atoms with van der Waals surface area (Å²) in [4.78, 5) is 11.1. The van der Waals surface area contributed by atoms with Crippen LogP contribution in [0.3, 0.4) is 0 Å². The van der Waals surface area contributed by atoms with Gasteiger partial charge in [0.05, 0.1) is 24.0 Å². The van der Waals surface area contributed by atoms with Crippen LogP contribution >= 0.6 is 0 Å². The van der Waals surface area contributed by atoms with E-state index in [0.29, 0.717) is 31.3 Å². The van der Waals surface area contributed by atoms with Gasteiger partial charge in [0.2, 0.25) is 5.88 Å². The highest BCUT2D eigenvalue weighted by Gasteiger charge is 2.27. The highest BCUT2D eigenvalue weighted by Crippen LogP contribution is 2.31. The molecule has 1 atom stereocenters. The lowest BCUT2D eigenvalue weighted by Crippen LogP contribution is -2.29. The molecule has 172 valence electrons. The number of pyridine rings is 1. The fourth-order valence-electron chi connectivity index (χ4n) is 4.28. The number of hydrogen-bond donors (Lipinski definition) is 1. The van der Waals surface area contributed by atoms with Gasteiger partial charge in [0.15, 0.2) is 6.10 Å². The zero-order chi connectivity index (χ0) is 23.7. The number of benzene rings is 1. The van der Waals surface area contributed by atoms with Crippen LogP contribution in [0.1, 0.15) is 28.9 Å². The number of ether oxygens (including phenoxy) is 1. The van der Waals surface area contributed by atoms with E-state index in [-0.39, 0.29) is 6.10 Å². The second-order valence-corrected chi connectivity index (χ2v) is 8.45. The predicted octanol–water partition coefficient (Wildman–Crippen LogP) is 3.82. The van der Waals surface area contributed by atoms with Gasteiger partial charge < -0.3 is 14.6 Å². The molecule has 0 radical (unpaired) electrons. The summed E-state index contributed by atoms with van der Waals surface area (Å²) >= 11 is 0. The van der Waals surface area contributed by atoms with Crippen LogP contribution in [0.5, 0.6) is 5.88 Å². The van der Waals surface area contributed by atoms with Crippen LogP contribution in [-0.2, 0) is 13.6 Å². The summed E-state index contributed by atoms with van der Waals surface area (Å²) < 4.78 is 10.3. The van der Waals surface area contributed by atoms with Crippen LogP contribution in [0.4, 0.5) is 11.5 Å². The van der Waals surface area contributed by atoms with Crippen LogP contribution in [0, 0.1) is 25.2 Å². The molecule has 0 bridgehead atoms. The first kappa shape index (κ1) is 21.7. The van der Waals surface area contributed by atoms with Gasteiger partial charge in [0.1, 0.15) is 11.6 Å². The van der Waals surface area contributed by atoms with E-state index in [2.05, 4.69) is 26.4 Å². The number of nitrogens with zero attached hydrogens (tertiary/aromatic N) is 7. The van der Waals surface area contributed by atoms with Crippen molar-refractivity contribution < 1.29 is 4.74 Å². The molecular weight excluding hydrogens is 428 g/mol. The Balaban J connectivity index is 1.40. The monoisotopic (exact) mass is 454 g/mol. The molecule has 0 saturated heterocycles. The van der Waals surface area contributed by atoms with Gasteiger partial charge in [-0.1, -0.05) is 0 Å². The van der Waals surface area contributed by atoms with Crippen molar-refractivity contribution in [2.75, 3.05) is 18.4 Å². The van der Waals surface area contributed by atoms with Gasteiger partial charge >= 0.3 is 0 Å². The Hall–Kier alpha value is -4.16. The summed E-state index contributed by atoms with van der Waals surface area (Å²) in [6.45, 7) is 5.44. The molecule has 0 spiro atoms. The van der Waals surface area contributed by atoms with E-state index in [0.717, 1.165) is 34.2 Å². The van der Waals surface area contributed by atoms with Gasteiger partial charge in [-0.2, -0.15) is 15.3 Å². The third-order valence-electron chi connectivity index (χ3n) is 5.92. The van der Waals surface area contributed by atoms with E-state index in [1.165, 1.54) is 0 Å². The zero-order valence-electron chi connectivity index (χ0n) is 19.4. The number of aryl methyl sites for hydroxylation is 3. The van der Waals surface area contributed by atoms with Crippen molar-refractivity contribution in [2.45, 2.75) is 26.5 Å². The second kappa shape index (κ2) is 9.00. The third kappa shape index (κ3) is 4.36. The third-order valence-corrected chi connectivity index (χ3v) is 5.92. The first-order chi connectivity index (χ1) is 16.5. The number of aromatic nitrogens is 5. The molecule has 34 heavy (non-hydrogen) atoms. The molecule has 0 fully saturated rings. The molecule has 1 unspecified atom stereocenters. The fourth-order valence-corrected chi connectivity index (χ4v) is 4.28. The number of nitriles is 1. The minimum absolute atomic E-state index is 0.277. The molecule has 0 aliphatic carbocycles. The molecule has 3 aromatic heterocycles. The Labute approximate surface area is 198 Å². The van der Waals surface area contributed by atoms with E-state index in [9.17, 15) is 5.26 Å². The van der Waals surface area contributed by atoms with Gasteiger partial charge in [0.25, 0.3) is 0 Å². The fraction of sp³-hybridized carbons (Fsp3) is 0.280. The zero-order valence-corrected chi connectivity index (χ0v) is 19.4. The van der Waals surface area contributed by atoms with Gasteiger partial charge in [0, 0.05) is 49.5 Å². The average Bonchev–Trinajstić information content (AvgIpc) is 3.34. The lowest BCUT2D eigenvalue weighted by molar-refractivity contribution is 0.145. The summed E-state index contributed by atoms with van der Waals surface area (Å²) in [6, 6.07) is 16.3. The highest BCUT2D eigenvalue weighted by atomic mass is 16.5. The Morgan fingerprint density at radius 1 is 1.18 bits per heavy atom. The molecular formula is C25H26N8O. The van der Waals surface area contributed by atoms with Crippen molar-refractivity contribution in [3.8, 4) is 17.6 Å². The molecule has 9 heteroatoms. The standard InChI is InChI=1S/C25H26N8O/c1-17-14-22(31(3)30-17)23-16-32(12-10-26)15-19-4-9-24(29-25(19)34-23)28-20-5-7-21(8-6-20)33-13-11-27-18(33)2/h4-9,11,13-14,23H,12,15-16H2,1-3H3,(H,28,29). The largest absolute Gasteiger partial charge is 0.466 e. The molecule has 4 heterocycles. The van der Waals surface area contributed by atoms with Crippen LogP contribution in [0.2, 0.25) is 0 Å². The maximum Gasteiger partial charge on any atom is 0.220 e. The number of rotatable bonds is 5. The van der Waals surface area contributed by atoms with Crippen molar-refractivity contribution >= 4 is 11.5 Å².